The molecule has 0 saturated carbocycles. The molecule has 214 valence electrons. The van der Waals surface area contributed by atoms with Gasteiger partial charge in [-0.05, 0) is 50.3 Å². The minimum atomic E-state index is -4.91. The van der Waals surface area contributed by atoms with Gasteiger partial charge in [-0.1, -0.05) is 0 Å². The van der Waals surface area contributed by atoms with Gasteiger partial charge in [0, 0.05) is 45.3 Å². The molecule has 0 aliphatic carbocycles. The van der Waals surface area contributed by atoms with Crippen LogP contribution < -0.4 is 19.9 Å². The molecule has 2 saturated heterocycles. The van der Waals surface area contributed by atoms with Crippen LogP contribution in [0.1, 0.15) is 37.6 Å². The topological polar surface area (TPSA) is 84.7 Å². The highest BCUT2D eigenvalue weighted by Crippen LogP contribution is 2.42. The van der Waals surface area contributed by atoms with E-state index in [2.05, 4.69) is 15.2 Å². The van der Waals surface area contributed by atoms with Crippen LogP contribution in [-0.2, 0) is 16.9 Å². The lowest BCUT2D eigenvalue weighted by molar-refractivity contribution is -0.138. The van der Waals surface area contributed by atoms with Crippen LogP contribution >= 0.6 is 12.2 Å². The lowest BCUT2D eigenvalue weighted by Gasteiger charge is -2.31. The maximum atomic E-state index is 14.7. The van der Waals surface area contributed by atoms with Gasteiger partial charge >= 0.3 is 6.18 Å². The molecule has 1 amide bonds. The number of thiocarbonyl (C=S) groups is 1. The van der Waals surface area contributed by atoms with E-state index in [4.69, 9.17) is 22.2 Å². The van der Waals surface area contributed by atoms with E-state index in [-0.39, 0.29) is 28.8 Å². The first-order chi connectivity index (χ1) is 18.7. The number of halogens is 5. The third kappa shape index (κ3) is 5.72. The number of nitriles is 1. The standard InChI is InChI=1S/C26H27F5N6O2S/c1-24(2)22(38)36(17-13-18(26(29,30)31)20(14-32)34-15-17)23(40)37(24)16-4-5-21(19(12-16)25(3,27)28)39-11-10-35-8-6-33-7-9-35/h4-5,12-13,15,33H,6-11H2,1-3H3. The van der Waals surface area contributed by atoms with Crippen molar-refractivity contribution in [1.82, 2.24) is 15.2 Å². The summed E-state index contributed by atoms with van der Waals surface area (Å²) in [7, 11) is 0. The first-order valence-corrected chi connectivity index (χ1v) is 12.8. The number of hydrogen-bond acceptors (Lipinski definition) is 7. The Morgan fingerprint density at radius 1 is 1.12 bits per heavy atom. The molecular weight excluding hydrogens is 555 g/mol. The van der Waals surface area contributed by atoms with Crippen molar-refractivity contribution in [3.05, 3.63) is 47.3 Å². The summed E-state index contributed by atoms with van der Waals surface area (Å²) in [4.78, 5) is 21.3. The zero-order valence-electron chi connectivity index (χ0n) is 22.0. The number of carbonyl (C=O) groups is 1. The van der Waals surface area contributed by atoms with Crippen molar-refractivity contribution in [2.75, 3.05) is 49.1 Å². The Hall–Kier alpha value is -3.41. The number of nitrogens with zero attached hydrogens (tertiary/aromatic N) is 5. The van der Waals surface area contributed by atoms with Gasteiger partial charge in [-0.25, -0.2) is 13.8 Å². The van der Waals surface area contributed by atoms with Crippen LogP contribution in [-0.4, -0.2) is 65.8 Å². The van der Waals surface area contributed by atoms with E-state index >= 15 is 0 Å². The number of amides is 1. The molecular formula is C26H27F5N6O2S. The van der Waals surface area contributed by atoms with Gasteiger partial charge in [-0.15, -0.1) is 0 Å². The molecule has 2 fully saturated rings. The number of alkyl halides is 5. The fourth-order valence-electron chi connectivity index (χ4n) is 4.68. The van der Waals surface area contributed by atoms with Crippen molar-refractivity contribution >= 4 is 34.6 Å². The summed E-state index contributed by atoms with van der Waals surface area (Å²) < 4.78 is 75.8. The summed E-state index contributed by atoms with van der Waals surface area (Å²) in [5.74, 6) is -4.03. The smallest absolute Gasteiger partial charge is 0.419 e. The molecule has 2 aromatic rings. The molecule has 40 heavy (non-hydrogen) atoms. The second kappa shape index (κ2) is 10.9. The molecule has 1 N–H and O–H groups in total. The van der Waals surface area contributed by atoms with Crippen LogP contribution in [0.2, 0.25) is 0 Å². The second-order valence-corrected chi connectivity index (χ2v) is 10.4. The fraction of sp³-hybridized carbons (Fsp3) is 0.462. The van der Waals surface area contributed by atoms with E-state index in [1.807, 2.05) is 0 Å². The molecule has 8 nitrogen and oxygen atoms in total. The minimum absolute atomic E-state index is 0.0244. The highest BCUT2D eigenvalue weighted by Gasteiger charge is 2.51. The first kappa shape index (κ1) is 29.6. The Morgan fingerprint density at radius 2 is 1.77 bits per heavy atom. The summed E-state index contributed by atoms with van der Waals surface area (Å²) in [5, 5.41) is 12.1. The first-order valence-electron chi connectivity index (χ1n) is 12.4. The Kier molecular flexibility index (Phi) is 8.04. The van der Waals surface area contributed by atoms with Gasteiger partial charge in [0.1, 0.15) is 24.0 Å². The maximum absolute atomic E-state index is 14.7. The third-order valence-corrected chi connectivity index (χ3v) is 7.14. The van der Waals surface area contributed by atoms with Crippen LogP contribution in [0.15, 0.2) is 30.5 Å². The summed E-state index contributed by atoms with van der Waals surface area (Å²) >= 11 is 5.49. The molecule has 0 atom stereocenters. The van der Waals surface area contributed by atoms with E-state index in [1.165, 1.54) is 43.0 Å². The van der Waals surface area contributed by atoms with Gasteiger partial charge in [0.2, 0.25) is 0 Å². The monoisotopic (exact) mass is 582 g/mol. The van der Waals surface area contributed by atoms with E-state index in [0.717, 1.165) is 44.2 Å². The molecule has 1 aromatic heterocycles. The van der Waals surface area contributed by atoms with Crippen molar-refractivity contribution in [3.63, 3.8) is 0 Å². The van der Waals surface area contributed by atoms with Crippen molar-refractivity contribution in [3.8, 4) is 11.8 Å². The Bertz CT molecular complexity index is 1350. The van der Waals surface area contributed by atoms with Gasteiger partial charge in [0.05, 0.1) is 23.0 Å². The maximum Gasteiger partial charge on any atom is 0.419 e. The van der Waals surface area contributed by atoms with Crippen LogP contribution in [0.3, 0.4) is 0 Å². The van der Waals surface area contributed by atoms with E-state index in [0.29, 0.717) is 12.6 Å². The fourth-order valence-corrected chi connectivity index (χ4v) is 5.20. The van der Waals surface area contributed by atoms with Gasteiger partial charge < -0.3 is 15.0 Å². The molecule has 0 spiro atoms. The number of pyridine rings is 1. The number of anilines is 2. The van der Waals surface area contributed by atoms with Gasteiger partial charge in [0.25, 0.3) is 11.8 Å². The number of hydrogen-bond donors (Lipinski definition) is 1. The Labute approximate surface area is 233 Å². The summed E-state index contributed by atoms with van der Waals surface area (Å²) in [5.41, 5.74) is -4.22. The summed E-state index contributed by atoms with van der Waals surface area (Å²) in [6, 6.07) is 6.02. The zero-order valence-corrected chi connectivity index (χ0v) is 22.8. The quantitative estimate of drug-likeness (QED) is 0.383. The molecule has 0 radical (unpaired) electrons. The lowest BCUT2D eigenvalue weighted by atomic mass is 10.0. The Morgan fingerprint density at radius 3 is 2.38 bits per heavy atom. The number of benzene rings is 1. The lowest BCUT2D eigenvalue weighted by Crippen LogP contribution is -2.45. The molecule has 4 rings (SSSR count). The van der Waals surface area contributed by atoms with Crippen molar-refractivity contribution in [1.29, 1.82) is 5.26 Å². The van der Waals surface area contributed by atoms with Gasteiger partial charge in [-0.2, -0.15) is 18.4 Å². The van der Waals surface area contributed by atoms with E-state index in [9.17, 15) is 26.7 Å². The van der Waals surface area contributed by atoms with E-state index < -0.39 is 40.4 Å². The van der Waals surface area contributed by atoms with Crippen molar-refractivity contribution in [2.24, 2.45) is 0 Å². The molecule has 1 aromatic carbocycles. The van der Waals surface area contributed by atoms with Crippen LogP contribution in [0.25, 0.3) is 0 Å². The average Bonchev–Trinajstić information content (AvgIpc) is 3.06. The number of rotatable bonds is 7. The van der Waals surface area contributed by atoms with E-state index in [1.54, 1.807) is 0 Å². The van der Waals surface area contributed by atoms with Crippen molar-refractivity contribution in [2.45, 2.75) is 38.4 Å². The SMILES string of the molecule is CC(F)(F)c1cc(N2C(=S)N(c3cnc(C#N)c(C(F)(F)F)c3)C(=O)C2(C)C)ccc1OCCN1CCNCC1. The normalized spacial score (nSPS) is 18.3. The highest BCUT2D eigenvalue weighted by molar-refractivity contribution is 7.81. The largest absolute Gasteiger partial charge is 0.492 e. The zero-order chi connectivity index (χ0) is 29.5. The van der Waals surface area contributed by atoms with Crippen LogP contribution in [0.5, 0.6) is 5.75 Å². The number of piperazine rings is 1. The summed E-state index contributed by atoms with van der Waals surface area (Å²) in [6.45, 7) is 7.75. The number of ether oxygens (including phenoxy) is 1. The molecule has 3 heterocycles. The number of aromatic nitrogens is 1. The predicted molar refractivity (Wildman–Crippen MR) is 141 cm³/mol. The highest BCUT2D eigenvalue weighted by atomic mass is 32.1. The molecule has 2 aliphatic rings. The molecule has 0 bridgehead atoms. The van der Waals surface area contributed by atoms with Gasteiger partial charge in [0.15, 0.2) is 10.8 Å². The minimum Gasteiger partial charge on any atom is -0.492 e. The number of carbonyl (C=O) groups excluding carboxylic acids is 1. The number of nitrogens with one attached hydrogen (secondary N) is 1. The summed E-state index contributed by atoms with van der Waals surface area (Å²) in [6.07, 6.45) is -3.96. The third-order valence-electron chi connectivity index (χ3n) is 6.78. The van der Waals surface area contributed by atoms with Gasteiger partial charge in [-0.3, -0.25) is 14.6 Å². The average molecular weight is 583 g/mol. The molecule has 2 aliphatic heterocycles. The predicted octanol–water partition coefficient (Wildman–Crippen LogP) is 4.28. The molecule has 14 heteroatoms. The van der Waals surface area contributed by atoms with Crippen LogP contribution in [0, 0.1) is 11.3 Å². The van der Waals surface area contributed by atoms with Crippen LogP contribution in [0.4, 0.5) is 33.3 Å². The second-order valence-electron chi connectivity index (χ2n) is 10.0. The molecule has 0 unspecified atom stereocenters. The van der Waals surface area contributed by atoms with Crippen molar-refractivity contribution < 1.29 is 31.5 Å². The Balaban J connectivity index is 1.66.